The summed E-state index contributed by atoms with van der Waals surface area (Å²) in [5.41, 5.74) is 3.34. The largest absolute Gasteiger partial charge is 0.545 e. The van der Waals surface area contributed by atoms with Gasteiger partial charge >= 0.3 is 0 Å². The number of carboxylic acids is 1. The van der Waals surface area contributed by atoms with E-state index in [1.54, 1.807) is 36.8 Å². The molecule has 7 nitrogen and oxygen atoms in total. The summed E-state index contributed by atoms with van der Waals surface area (Å²) in [4.78, 5) is 21.4. The van der Waals surface area contributed by atoms with Gasteiger partial charge in [-0.05, 0) is 65.2 Å². The van der Waals surface area contributed by atoms with E-state index in [-0.39, 0.29) is 5.57 Å². The third-order valence-electron chi connectivity index (χ3n) is 7.49. The van der Waals surface area contributed by atoms with Crippen LogP contribution in [0.1, 0.15) is 21.6 Å². The number of fused-ring (bicyclic) bond motifs is 2. The number of hydrogen-bond donors (Lipinski definition) is 0. The van der Waals surface area contributed by atoms with Crippen molar-refractivity contribution < 1.29 is 24.1 Å². The van der Waals surface area contributed by atoms with Crippen molar-refractivity contribution in [2.75, 3.05) is 0 Å². The van der Waals surface area contributed by atoms with Crippen LogP contribution in [0.15, 0.2) is 134 Å². The first-order chi connectivity index (χ1) is 23.1. The highest BCUT2D eigenvalue weighted by atomic mass is 32.1. The summed E-state index contributed by atoms with van der Waals surface area (Å²) in [7, 11) is 0. The Balaban J connectivity index is 1.36. The molecule has 0 saturated carbocycles. The molecule has 0 aliphatic carbocycles. The predicted molar refractivity (Wildman–Crippen MR) is 182 cm³/mol. The highest BCUT2D eigenvalue weighted by Gasteiger charge is 2.20. The molecule has 0 amide bonds. The van der Waals surface area contributed by atoms with Gasteiger partial charge in [0.05, 0.1) is 16.4 Å². The summed E-state index contributed by atoms with van der Waals surface area (Å²) >= 11 is 1.39. The molecule has 230 valence electrons. The van der Waals surface area contributed by atoms with Crippen LogP contribution in [0.5, 0.6) is 23.0 Å². The van der Waals surface area contributed by atoms with Crippen molar-refractivity contribution in [1.82, 2.24) is 9.97 Å². The van der Waals surface area contributed by atoms with Gasteiger partial charge in [0.2, 0.25) is 0 Å². The van der Waals surface area contributed by atoms with Gasteiger partial charge in [-0.3, -0.25) is 9.97 Å². The number of thiophene rings is 1. The average molecular weight is 636 g/mol. The standard InChI is InChI=1S/C39H28N2O5S/c42-39(43)31(28-15-18-40-19-16-28)22-37-38(46-30-13-14-33-29(20-30)12-7-17-41-33)32-21-34(44-24-26-8-3-1-4-9-26)35(23-36(32)47-37)45-25-27-10-5-2-6-11-27/h1-23H,24-25H2,(H,42,43)/p-1/b31-22+. The van der Waals surface area contributed by atoms with Gasteiger partial charge in [-0.25, -0.2) is 0 Å². The van der Waals surface area contributed by atoms with E-state index in [1.165, 1.54) is 11.3 Å². The number of aliphatic carboxylic acids is 1. The number of hydrogen-bond acceptors (Lipinski definition) is 8. The zero-order valence-corrected chi connectivity index (χ0v) is 25.9. The quantitative estimate of drug-likeness (QED) is 0.133. The van der Waals surface area contributed by atoms with Crippen molar-refractivity contribution in [3.05, 3.63) is 155 Å². The molecule has 0 aliphatic rings. The lowest BCUT2D eigenvalue weighted by Crippen LogP contribution is -2.23. The highest BCUT2D eigenvalue weighted by Crippen LogP contribution is 2.47. The summed E-state index contributed by atoms with van der Waals surface area (Å²) in [6.45, 7) is 0.674. The Morgan fingerprint density at radius 3 is 2.11 bits per heavy atom. The van der Waals surface area contributed by atoms with Crippen molar-refractivity contribution in [2.24, 2.45) is 0 Å². The summed E-state index contributed by atoms with van der Waals surface area (Å²) in [6.07, 6.45) is 6.42. The van der Waals surface area contributed by atoms with E-state index in [9.17, 15) is 9.90 Å². The first-order valence-corrected chi connectivity index (χ1v) is 15.7. The van der Waals surface area contributed by atoms with Gasteiger partial charge in [-0.15, -0.1) is 11.3 Å². The number of nitrogens with zero attached hydrogens (tertiary/aromatic N) is 2. The Labute approximate surface area is 275 Å². The Hall–Kier alpha value is -5.99. The smallest absolute Gasteiger partial charge is 0.163 e. The molecule has 4 aromatic carbocycles. The van der Waals surface area contributed by atoms with Crippen LogP contribution < -0.4 is 19.3 Å². The molecule has 7 rings (SSSR count). The fraction of sp³-hybridized carbons (Fsp3) is 0.0513. The van der Waals surface area contributed by atoms with Crippen LogP contribution in [0.4, 0.5) is 0 Å². The van der Waals surface area contributed by atoms with E-state index in [0.717, 1.165) is 32.1 Å². The second kappa shape index (κ2) is 13.6. The lowest BCUT2D eigenvalue weighted by Gasteiger charge is -2.14. The number of benzene rings is 4. The van der Waals surface area contributed by atoms with Crippen molar-refractivity contribution in [1.29, 1.82) is 0 Å². The molecular formula is C39H27N2O5S-. The first-order valence-electron chi connectivity index (χ1n) is 14.9. The number of pyridine rings is 2. The molecular weight excluding hydrogens is 609 g/mol. The van der Waals surface area contributed by atoms with Crippen LogP contribution in [-0.4, -0.2) is 15.9 Å². The van der Waals surface area contributed by atoms with Gasteiger partial charge in [-0.2, -0.15) is 0 Å². The highest BCUT2D eigenvalue weighted by molar-refractivity contribution is 7.20. The summed E-state index contributed by atoms with van der Waals surface area (Å²) in [5.74, 6) is 0.851. The molecule has 0 unspecified atom stereocenters. The fourth-order valence-electron chi connectivity index (χ4n) is 5.15. The van der Waals surface area contributed by atoms with Crippen LogP contribution in [0.25, 0.3) is 32.6 Å². The van der Waals surface area contributed by atoms with Gasteiger partial charge in [0.25, 0.3) is 0 Å². The van der Waals surface area contributed by atoms with Crippen LogP contribution in [0.2, 0.25) is 0 Å². The maximum atomic E-state index is 12.4. The molecule has 3 aromatic heterocycles. The summed E-state index contributed by atoms with van der Waals surface area (Å²) in [5, 5.41) is 14.1. The number of aromatic nitrogens is 2. The van der Waals surface area contributed by atoms with E-state index in [1.807, 2.05) is 103 Å². The zero-order chi connectivity index (χ0) is 32.0. The Bertz CT molecular complexity index is 2200. The average Bonchev–Trinajstić information content (AvgIpc) is 3.44. The summed E-state index contributed by atoms with van der Waals surface area (Å²) < 4.78 is 20.1. The van der Waals surface area contributed by atoms with Crippen molar-refractivity contribution in [3.8, 4) is 23.0 Å². The minimum Gasteiger partial charge on any atom is -0.545 e. The second-order valence-electron chi connectivity index (χ2n) is 10.7. The number of carbonyl (C=O) groups excluding carboxylic acids is 1. The third kappa shape index (κ3) is 6.83. The van der Waals surface area contributed by atoms with Crippen molar-refractivity contribution in [3.63, 3.8) is 0 Å². The molecule has 0 radical (unpaired) electrons. The maximum absolute atomic E-state index is 12.4. The van der Waals surface area contributed by atoms with E-state index in [0.29, 0.717) is 46.7 Å². The Morgan fingerprint density at radius 1 is 0.745 bits per heavy atom. The molecule has 7 aromatic rings. The third-order valence-corrected chi connectivity index (χ3v) is 8.57. The Morgan fingerprint density at radius 2 is 1.43 bits per heavy atom. The predicted octanol–water partition coefficient (Wildman–Crippen LogP) is 8.09. The topological polar surface area (TPSA) is 93.6 Å². The minimum atomic E-state index is -1.31. The number of carboxylic acid groups (broad SMARTS) is 1. The second-order valence-corrected chi connectivity index (χ2v) is 11.8. The number of ether oxygens (including phenoxy) is 3. The van der Waals surface area contributed by atoms with Gasteiger partial charge < -0.3 is 24.1 Å². The first kappa shape index (κ1) is 29.7. The fourth-order valence-corrected chi connectivity index (χ4v) is 6.24. The van der Waals surface area contributed by atoms with Gasteiger partial charge in [-0.1, -0.05) is 66.7 Å². The maximum Gasteiger partial charge on any atom is 0.163 e. The monoisotopic (exact) mass is 635 g/mol. The molecule has 0 spiro atoms. The van der Waals surface area contributed by atoms with Crippen LogP contribution in [-0.2, 0) is 18.0 Å². The molecule has 8 heteroatoms. The van der Waals surface area contributed by atoms with Gasteiger partial charge in [0.15, 0.2) is 17.2 Å². The number of rotatable bonds is 11. The molecule has 0 aliphatic heterocycles. The van der Waals surface area contributed by atoms with Crippen LogP contribution in [0.3, 0.4) is 0 Å². The van der Waals surface area contributed by atoms with Crippen LogP contribution >= 0.6 is 11.3 Å². The lowest BCUT2D eigenvalue weighted by molar-refractivity contribution is -0.295. The van der Waals surface area contributed by atoms with Crippen LogP contribution in [0, 0.1) is 0 Å². The molecule has 0 fully saturated rings. The molecule has 0 saturated heterocycles. The van der Waals surface area contributed by atoms with E-state index in [2.05, 4.69) is 9.97 Å². The number of carbonyl (C=O) groups is 1. The molecule has 0 atom stereocenters. The van der Waals surface area contributed by atoms with Gasteiger partial charge in [0, 0.05) is 45.7 Å². The zero-order valence-electron chi connectivity index (χ0n) is 25.0. The SMILES string of the molecule is O=C([O-])/C(=C/c1sc2cc(OCc3ccccc3)c(OCc3ccccc3)cc2c1Oc1ccc2ncccc2c1)c1ccncc1. The normalized spacial score (nSPS) is 11.4. The van der Waals surface area contributed by atoms with Crippen molar-refractivity contribution in [2.45, 2.75) is 13.2 Å². The molecule has 47 heavy (non-hydrogen) atoms. The molecule has 3 heterocycles. The Kier molecular flexibility index (Phi) is 8.57. The summed E-state index contributed by atoms with van der Waals surface area (Å²) in [6, 6.07) is 36.4. The molecule has 0 bridgehead atoms. The van der Waals surface area contributed by atoms with E-state index >= 15 is 0 Å². The van der Waals surface area contributed by atoms with Crippen molar-refractivity contribution >= 4 is 49.9 Å². The van der Waals surface area contributed by atoms with E-state index < -0.39 is 5.97 Å². The van der Waals surface area contributed by atoms with E-state index in [4.69, 9.17) is 14.2 Å². The van der Waals surface area contributed by atoms with Gasteiger partial charge in [0.1, 0.15) is 19.0 Å². The molecule has 0 N–H and O–H groups in total. The minimum absolute atomic E-state index is 0.00706. The lowest BCUT2D eigenvalue weighted by atomic mass is 10.1.